The first-order valence-electron chi connectivity index (χ1n) is 8.31. The van der Waals surface area contributed by atoms with Gasteiger partial charge in [-0.1, -0.05) is 6.07 Å². The lowest BCUT2D eigenvalue weighted by Gasteiger charge is -2.31. The zero-order chi connectivity index (χ0) is 17.8. The Bertz CT molecular complexity index is 786. The maximum atomic E-state index is 13.3. The van der Waals surface area contributed by atoms with E-state index >= 15 is 0 Å². The van der Waals surface area contributed by atoms with Crippen LogP contribution in [0.15, 0.2) is 42.6 Å². The van der Waals surface area contributed by atoms with Crippen LogP contribution in [0, 0.1) is 18.7 Å². The number of carbonyl (C=O) groups excluding carboxylic acids is 2. The summed E-state index contributed by atoms with van der Waals surface area (Å²) in [6.07, 6.45) is 2.82. The van der Waals surface area contributed by atoms with Crippen LogP contribution in [0.5, 0.6) is 0 Å². The molecule has 3 rings (SSSR count). The van der Waals surface area contributed by atoms with Gasteiger partial charge in [0.2, 0.25) is 5.91 Å². The highest BCUT2D eigenvalue weighted by Crippen LogP contribution is 2.21. The lowest BCUT2D eigenvalue weighted by molar-refractivity contribution is -0.121. The molecule has 5 nitrogen and oxygen atoms in total. The van der Waals surface area contributed by atoms with Crippen LogP contribution in [-0.2, 0) is 4.79 Å². The number of anilines is 1. The Morgan fingerprint density at radius 3 is 2.64 bits per heavy atom. The number of hydrogen-bond acceptors (Lipinski definition) is 3. The SMILES string of the molecule is Cc1ccnc(NC(=O)C2CCN(C(=O)c3cccc(F)c3)CC2)c1. The number of nitrogens with zero attached hydrogens (tertiary/aromatic N) is 2. The molecule has 25 heavy (non-hydrogen) atoms. The largest absolute Gasteiger partial charge is 0.339 e. The molecule has 6 heteroatoms. The van der Waals surface area contributed by atoms with Crippen molar-refractivity contribution in [3.63, 3.8) is 0 Å². The highest BCUT2D eigenvalue weighted by molar-refractivity contribution is 5.95. The summed E-state index contributed by atoms with van der Waals surface area (Å²) in [5.41, 5.74) is 1.37. The fourth-order valence-corrected chi connectivity index (χ4v) is 2.98. The van der Waals surface area contributed by atoms with Crippen molar-refractivity contribution >= 4 is 17.6 Å². The molecular weight excluding hydrogens is 321 g/mol. The molecule has 1 aromatic carbocycles. The summed E-state index contributed by atoms with van der Waals surface area (Å²) in [4.78, 5) is 30.6. The van der Waals surface area contributed by atoms with Gasteiger partial charge in [-0.2, -0.15) is 0 Å². The second-order valence-electron chi connectivity index (χ2n) is 6.28. The molecule has 2 aromatic rings. The Balaban J connectivity index is 1.56. The van der Waals surface area contributed by atoms with E-state index in [1.165, 1.54) is 18.2 Å². The minimum Gasteiger partial charge on any atom is -0.339 e. The number of halogens is 1. The molecule has 0 aliphatic carbocycles. The molecule has 0 bridgehead atoms. The second-order valence-corrected chi connectivity index (χ2v) is 6.28. The fraction of sp³-hybridized carbons (Fsp3) is 0.316. The van der Waals surface area contributed by atoms with Gasteiger partial charge >= 0.3 is 0 Å². The van der Waals surface area contributed by atoms with Crippen molar-refractivity contribution in [3.8, 4) is 0 Å². The van der Waals surface area contributed by atoms with Crippen LogP contribution in [0.2, 0.25) is 0 Å². The van der Waals surface area contributed by atoms with Crippen molar-refractivity contribution in [3.05, 3.63) is 59.5 Å². The van der Waals surface area contributed by atoms with E-state index in [2.05, 4.69) is 10.3 Å². The van der Waals surface area contributed by atoms with E-state index in [-0.39, 0.29) is 17.7 Å². The van der Waals surface area contributed by atoms with E-state index in [0.29, 0.717) is 37.3 Å². The zero-order valence-corrected chi connectivity index (χ0v) is 14.0. The van der Waals surface area contributed by atoms with Crippen molar-refractivity contribution in [2.24, 2.45) is 5.92 Å². The first kappa shape index (κ1) is 17.1. The van der Waals surface area contributed by atoms with Crippen LogP contribution in [0.25, 0.3) is 0 Å². The number of amides is 2. The minimum absolute atomic E-state index is 0.0732. The molecular formula is C19H20FN3O2. The van der Waals surface area contributed by atoms with E-state index in [1.807, 2.05) is 19.1 Å². The van der Waals surface area contributed by atoms with Gasteiger partial charge in [0.25, 0.3) is 5.91 Å². The quantitative estimate of drug-likeness (QED) is 0.933. The Hall–Kier alpha value is -2.76. The number of pyridine rings is 1. The molecule has 1 saturated heterocycles. The Morgan fingerprint density at radius 2 is 1.96 bits per heavy atom. The van der Waals surface area contributed by atoms with E-state index < -0.39 is 5.82 Å². The Kier molecular flexibility index (Phi) is 5.07. The molecule has 1 aromatic heterocycles. The molecule has 0 spiro atoms. The van der Waals surface area contributed by atoms with Crippen molar-refractivity contribution in [1.82, 2.24) is 9.88 Å². The Morgan fingerprint density at radius 1 is 1.20 bits per heavy atom. The molecule has 0 atom stereocenters. The molecule has 1 aliphatic rings. The van der Waals surface area contributed by atoms with Crippen molar-refractivity contribution < 1.29 is 14.0 Å². The Labute approximate surface area is 145 Å². The van der Waals surface area contributed by atoms with E-state index in [4.69, 9.17) is 0 Å². The van der Waals surface area contributed by atoms with Crippen molar-refractivity contribution in [2.75, 3.05) is 18.4 Å². The molecule has 130 valence electrons. The number of rotatable bonds is 3. The molecule has 1 fully saturated rings. The number of hydrogen-bond donors (Lipinski definition) is 1. The molecule has 0 saturated carbocycles. The van der Waals surface area contributed by atoms with E-state index in [0.717, 1.165) is 5.56 Å². The van der Waals surface area contributed by atoms with Gasteiger partial charge in [0, 0.05) is 30.8 Å². The predicted molar refractivity (Wildman–Crippen MR) is 92.6 cm³/mol. The summed E-state index contributed by atoms with van der Waals surface area (Å²) < 4.78 is 13.3. The molecule has 2 heterocycles. The first-order chi connectivity index (χ1) is 12.0. The number of benzene rings is 1. The lowest BCUT2D eigenvalue weighted by Crippen LogP contribution is -2.41. The monoisotopic (exact) mass is 341 g/mol. The van der Waals surface area contributed by atoms with Gasteiger partial charge in [-0.25, -0.2) is 9.37 Å². The maximum absolute atomic E-state index is 13.3. The minimum atomic E-state index is -0.425. The zero-order valence-electron chi connectivity index (χ0n) is 14.0. The number of aromatic nitrogens is 1. The van der Waals surface area contributed by atoms with Crippen LogP contribution < -0.4 is 5.32 Å². The number of piperidine rings is 1. The van der Waals surface area contributed by atoms with Gasteiger partial charge in [-0.3, -0.25) is 9.59 Å². The summed E-state index contributed by atoms with van der Waals surface area (Å²) in [5.74, 6) is -0.303. The van der Waals surface area contributed by atoms with Crippen LogP contribution in [-0.4, -0.2) is 34.8 Å². The third-order valence-electron chi connectivity index (χ3n) is 4.39. The summed E-state index contributed by atoms with van der Waals surface area (Å²) in [5, 5.41) is 2.83. The molecule has 2 amide bonds. The second kappa shape index (κ2) is 7.42. The molecule has 1 aliphatic heterocycles. The number of aryl methyl sites for hydroxylation is 1. The van der Waals surface area contributed by atoms with Gasteiger partial charge in [-0.15, -0.1) is 0 Å². The number of carbonyl (C=O) groups is 2. The number of nitrogens with one attached hydrogen (secondary N) is 1. The molecule has 0 unspecified atom stereocenters. The number of likely N-dealkylation sites (tertiary alicyclic amines) is 1. The topological polar surface area (TPSA) is 62.3 Å². The van der Waals surface area contributed by atoms with Gasteiger partial charge < -0.3 is 10.2 Å². The van der Waals surface area contributed by atoms with Gasteiger partial charge in [0.15, 0.2) is 0 Å². The summed E-state index contributed by atoms with van der Waals surface area (Å²) >= 11 is 0. The van der Waals surface area contributed by atoms with E-state index in [9.17, 15) is 14.0 Å². The van der Waals surface area contributed by atoms with Crippen LogP contribution in [0.1, 0.15) is 28.8 Å². The lowest BCUT2D eigenvalue weighted by atomic mass is 9.95. The van der Waals surface area contributed by atoms with Crippen LogP contribution >= 0.6 is 0 Å². The summed E-state index contributed by atoms with van der Waals surface area (Å²) in [6, 6.07) is 9.37. The smallest absolute Gasteiger partial charge is 0.253 e. The van der Waals surface area contributed by atoms with Crippen molar-refractivity contribution in [2.45, 2.75) is 19.8 Å². The average Bonchev–Trinajstić information content (AvgIpc) is 2.61. The van der Waals surface area contributed by atoms with E-state index in [1.54, 1.807) is 17.2 Å². The fourth-order valence-electron chi connectivity index (χ4n) is 2.98. The van der Waals surface area contributed by atoms with Crippen LogP contribution in [0.4, 0.5) is 10.2 Å². The highest BCUT2D eigenvalue weighted by Gasteiger charge is 2.28. The third kappa shape index (κ3) is 4.21. The van der Waals surface area contributed by atoms with Crippen LogP contribution in [0.3, 0.4) is 0 Å². The van der Waals surface area contributed by atoms with Crippen molar-refractivity contribution in [1.29, 1.82) is 0 Å². The average molecular weight is 341 g/mol. The summed E-state index contributed by atoms with van der Waals surface area (Å²) in [6.45, 7) is 2.90. The molecule has 1 N–H and O–H groups in total. The normalized spacial score (nSPS) is 15.0. The first-order valence-corrected chi connectivity index (χ1v) is 8.31. The maximum Gasteiger partial charge on any atom is 0.253 e. The predicted octanol–water partition coefficient (Wildman–Crippen LogP) is 3.02. The van der Waals surface area contributed by atoms with Gasteiger partial charge in [-0.05, 0) is 55.7 Å². The highest BCUT2D eigenvalue weighted by atomic mass is 19.1. The third-order valence-corrected chi connectivity index (χ3v) is 4.39. The molecule has 0 radical (unpaired) electrons. The standard InChI is InChI=1S/C19H20FN3O2/c1-13-5-8-21-17(11-13)22-18(24)14-6-9-23(10-7-14)19(25)15-3-2-4-16(20)12-15/h2-5,8,11-12,14H,6-7,9-10H2,1H3,(H,21,22,24). The van der Waals surface area contributed by atoms with Gasteiger partial charge in [0.1, 0.15) is 11.6 Å². The van der Waals surface area contributed by atoms with Gasteiger partial charge in [0.05, 0.1) is 0 Å². The summed E-state index contributed by atoms with van der Waals surface area (Å²) in [7, 11) is 0.